The Balaban J connectivity index is 1.68. The van der Waals surface area contributed by atoms with Crippen LogP contribution < -0.4 is 5.32 Å². The number of aromatic amines is 1. The molecule has 7 heteroatoms. The van der Waals surface area contributed by atoms with Crippen LogP contribution in [-0.4, -0.2) is 58.8 Å². The third-order valence-electron chi connectivity index (χ3n) is 7.51. The molecule has 1 aliphatic rings. The predicted molar refractivity (Wildman–Crippen MR) is 149 cm³/mol. The maximum Gasteiger partial charge on any atom is 0.271 e. The Morgan fingerprint density at radius 2 is 1.61 bits per heavy atom. The number of rotatable bonds is 11. The van der Waals surface area contributed by atoms with Gasteiger partial charge >= 0.3 is 0 Å². The fourth-order valence-corrected chi connectivity index (χ4v) is 5.24. The highest BCUT2D eigenvalue weighted by Crippen LogP contribution is 2.27. The van der Waals surface area contributed by atoms with Gasteiger partial charge in [0.1, 0.15) is 17.6 Å². The summed E-state index contributed by atoms with van der Waals surface area (Å²) in [6.45, 7) is 6.84. The average Bonchev–Trinajstić information content (AvgIpc) is 3.45. The van der Waals surface area contributed by atoms with Crippen LogP contribution in [0.3, 0.4) is 0 Å². The quantitative estimate of drug-likeness (QED) is 0.337. The molecule has 1 unspecified atom stereocenters. The Kier molecular flexibility index (Phi) is 9.71. The van der Waals surface area contributed by atoms with Gasteiger partial charge in [0.2, 0.25) is 5.91 Å². The Hall–Kier alpha value is -3.45. The molecular formula is C31H39FN4O2. The van der Waals surface area contributed by atoms with E-state index in [0.717, 1.165) is 50.0 Å². The fraction of sp³-hybridized carbons (Fsp3) is 0.419. The second-order valence-electron chi connectivity index (χ2n) is 9.97. The van der Waals surface area contributed by atoms with Crippen LogP contribution in [0.5, 0.6) is 0 Å². The average molecular weight is 519 g/mol. The summed E-state index contributed by atoms with van der Waals surface area (Å²) in [5.41, 5.74) is 2.83. The number of amides is 2. The number of nitrogens with zero attached hydrogens (tertiary/aromatic N) is 2. The Labute approximate surface area is 225 Å². The second-order valence-corrected chi connectivity index (χ2v) is 9.97. The van der Waals surface area contributed by atoms with Crippen LogP contribution in [-0.2, 0) is 4.79 Å². The third kappa shape index (κ3) is 6.90. The van der Waals surface area contributed by atoms with Crippen LogP contribution in [0.2, 0.25) is 0 Å². The van der Waals surface area contributed by atoms with E-state index in [0.29, 0.717) is 24.3 Å². The van der Waals surface area contributed by atoms with E-state index in [1.165, 1.54) is 18.6 Å². The molecule has 3 aromatic rings. The molecule has 0 saturated heterocycles. The molecule has 2 aromatic carbocycles. The van der Waals surface area contributed by atoms with Crippen molar-refractivity contribution in [3.8, 4) is 11.3 Å². The van der Waals surface area contributed by atoms with Crippen molar-refractivity contribution in [3.05, 3.63) is 83.8 Å². The summed E-state index contributed by atoms with van der Waals surface area (Å²) in [5.74, 6) is -0.850. The maximum atomic E-state index is 14.1. The SMILES string of the molecule is CCN(CC)CCN(C(=O)c1ccc(-c2ccccc2)[nH]1)C(C(=O)NC1CCCCC1)c1ccc(F)cc1. The van der Waals surface area contributed by atoms with Gasteiger partial charge in [0, 0.05) is 24.8 Å². The van der Waals surface area contributed by atoms with Gasteiger partial charge in [-0.05, 0) is 61.3 Å². The maximum absolute atomic E-state index is 14.1. The van der Waals surface area contributed by atoms with Gasteiger partial charge in [0.05, 0.1) is 0 Å². The van der Waals surface area contributed by atoms with Crippen molar-refractivity contribution < 1.29 is 14.0 Å². The molecular weight excluding hydrogens is 479 g/mol. The lowest BCUT2D eigenvalue weighted by Crippen LogP contribution is -2.49. The van der Waals surface area contributed by atoms with Crippen LogP contribution in [0.1, 0.15) is 68.0 Å². The van der Waals surface area contributed by atoms with Crippen molar-refractivity contribution in [1.29, 1.82) is 0 Å². The van der Waals surface area contributed by atoms with E-state index in [9.17, 15) is 14.0 Å². The highest BCUT2D eigenvalue weighted by Gasteiger charge is 2.34. The van der Waals surface area contributed by atoms with E-state index in [4.69, 9.17) is 0 Å². The number of nitrogens with one attached hydrogen (secondary N) is 2. The molecule has 2 N–H and O–H groups in total. The highest BCUT2D eigenvalue weighted by molar-refractivity contribution is 5.97. The molecule has 0 bridgehead atoms. The van der Waals surface area contributed by atoms with Crippen molar-refractivity contribution in [1.82, 2.24) is 20.1 Å². The number of hydrogen-bond donors (Lipinski definition) is 2. The molecule has 1 saturated carbocycles. The standard InChI is InChI=1S/C31H39FN4O2/c1-3-35(4-2)21-22-36(31(38)28-20-19-27(34-28)23-11-7-5-8-12-23)29(24-15-17-25(32)18-16-24)30(37)33-26-13-9-6-10-14-26/h5,7-8,11-12,15-20,26,29,34H,3-4,6,9-10,13-14,21-22H2,1-2H3,(H,33,37). The molecule has 6 nitrogen and oxygen atoms in total. The smallest absolute Gasteiger partial charge is 0.271 e. The first-order valence-electron chi connectivity index (χ1n) is 13.8. The molecule has 1 aromatic heterocycles. The zero-order valence-electron chi connectivity index (χ0n) is 22.5. The number of halogens is 1. The summed E-state index contributed by atoms with van der Waals surface area (Å²) in [5, 5.41) is 3.22. The van der Waals surface area contributed by atoms with E-state index in [1.807, 2.05) is 36.4 Å². The van der Waals surface area contributed by atoms with Crippen molar-refractivity contribution in [3.63, 3.8) is 0 Å². The number of benzene rings is 2. The number of carbonyl (C=O) groups is 2. The number of likely N-dealkylation sites (N-methyl/N-ethyl adjacent to an activating group) is 1. The van der Waals surface area contributed by atoms with Gasteiger partial charge in [0.15, 0.2) is 0 Å². The molecule has 0 aliphatic heterocycles. The van der Waals surface area contributed by atoms with Crippen molar-refractivity contribution in [2.45, 2.75) is 58.0 Å². The number of aromatic nitrogens is 1. The van der Waals surface area contributed by atoms with Crippen LogP contribution in [0.4, 0.5) is 4.39 Å². The molecule has 1 atom stereocenters. The Bertz CT molecular complexity index is 1170. The second kappa shape index (κ2) is 13.4. The van der Waals surface area contributed by atoms with Crippen LogP contribution in [0.15, 0.2) is 66.7 Å². The first-order valence-corrected chi connectivity index (χ1v) is 13.8. The largest absolute Gasteiger partial charge is 0.351 e. The molecule has 0 spiro atoms. The van der Waals surface area contributed by atoms with Crippen molar-refractivity contribution in [2.24, 2.45) is 0 Å². The molecule has 0 radical (unpaired) electrons. The Morgan fingerprint density at radius 1 is 0.921 bits per heavy atom. The van der Waals surface area contributed by atoms with E-state index in [1.54, 1.807) is 23.1 Å². The van der Waals surface area contributed by atoms with Gasteiger partial charge in [-0.15, -0.1) is 0 Å². The topological polar surface area (TPSA) is 68.4 Å². The van der Waals surface area contributed by atoms with Gasteiger partial charge in [-0.1, -0.05) is 75.6 Å². The lowest BCUT2D eigenvalue weighted by atomic mass is 9.94. The van der Waals surface area contributed by atoms with Gasteiger partial charge < -0.3 is 20.1 Å². The molecule has 38 heavy (non-hydrogen) atoms. The molecule has 202 valence electrons. The minimum Gasteiger partial charge on any atom is -0.351 e. The van der Waals surface area contributed by atoms with Gasteiger partial charge in [0.25, 0.3) is 5.91 Å². The minimum atomic E-state index is -0.871. The van der Waals surface area contributed by atoms with E-state index in [2.05, 4.69) is 29.0 Å². The van der Waals surface area contributed by atoms with Gasteiger partial charge in [-0.25, -0.2) is 4.39 Å². The summed E-state index contributed by atoms with van der Waals surface area (Å²) < 4.78 is 13.9. The molecule has 1 heterocycles. The highest BCUT2D eigenvalue weighted by atomic mass is 19.1. The Morgan fingerprint density at radius 3 is 2.26 bits per heavy atom. The van der Waals surface area contributed by atoms with E-state index >= 15 is 0 Å². The summed E-state index contributed by atoms with van der Waals surface area (Å²) >= 11 is 0. The summed E-state index contributed by atoms with van der Waals surface area (Å²) in [4.78, 5) is 35.1. The minimum absolute atomic E-state index is 0.0918. The zero-order chi connectivity index (χ0) is 26.9. The first-order chi connectivity index (χ1) is 18.5. The van der Waals surface area contributed by atoms with Crippen molar-refractivity contribution in [2.75, 3.05) is 26.2 Å². The number of carbonyl (C=O) groups excluding carboxylic acids is 2. The van der Waals surface area contributed by atoms with Crippen LogP contribution in [0.25, 0.3) is 11.3 Å². The monoisotopic (exact) mass is 518 g/mol. The normalized spacial score (nSPS) is 14.8. The summed E-state index contributed by atoms with van der Waals surface area (Å²) in [6, 6.07) is 18.6. The zero-order valence-corrected chi connectivity index (χ0v) is 22.5. The summed E-state index contributed by atoms with van der Waals surface area (Å²) in [6.07, 6.45) is 5.22. The molecule has 4 rings (SSSR count). The number of H-pyrrole nitrogens is 1. The first kappa shape index (κ1) is 27.6. The van der Waals surface area contributed by atoms with Gasteiger partial charge in [-0.2, -0.15) is 0 Å². The number of hydrogen-bond acceptors (Lipinski definition) is 3. The predicted octanol–water partition coefficient (Wildman–Crippen LogP) is 5.80. The van der Waals surface area contributed by atoms with Crippen LogP contribution in [0, 0.1) is 5.82 Å². The molecule has 1 aliphatic carbocycles. The third-order valence-corrected chi connectivity index (χ3v) is 7.51. The van der Waals surface area contributed by atoms with Crippen LogP contribution >= 0.6 is 0 Å². The fourth-order valence-electron chi connectivity index (χ4n) is 5.24. The van der Waals surface area contributed by atoms with E-state index in [-0.39, 0.29) is 23.7 Å². The lowest BCUT2D eigenvalue weighted by Gasteiger charge is -2.34. The lowest BCUT2D eigenvalue weighted by molar-refractivity contribution is -0.127. The van der Waals surface area contributed by atoms with Crippen molar-refractivity contribution >= 4 is 11.8 Å². The van der Waals surface area contributed by atoms with Gasteiger partial charge in [-0.3, -0.25) is 9.59 Å². The summed E-state index contributed by atoms with van der Waals surface area (Å²) in [7, 11) is 0. The van der Waals surface area contributed by atoms with E-state index < -0.39 is 6.04 Å². The molecule has 1 fully saturated rings. The molecule has 2 amide bonds.